The molecule has 9 rings (SSSR count). The highest BCUT2D eigenvalue weighted by Crippen LogP contribution is 2.42. The number of para-hydroxylation sites is 3. The monoisotopic (exact) mass is 1340 g/mol. The fraction of sp³-hybridized carbons (Fsp3) is 0.111. The molecule has 21 heteroatoms. The molecule has 8 aromatic carbocycles. The molecule has 0 atom stereocenters. The van der Waals surface area contributed by atoms with E-state index in [0.717, 1.165) is 0 Å². The third-order valence-electron chi connectivity index (χ3n) is 12.0. The Morgan fingerprint density at radius 3 is 0.773 bits per heavy atom. The lowest BCUT2D eigenvalue weighted by Crippen LogP contribution is -2.17. The van der Waals surface area contributed by atoms with E-state index in [0.29, 0.717) is 29.9 Å². The molecular formula is C54H41Br4NO12S4. The number of hydrogen-bond acceptors (Lipinski definition) is 13. The first-order chi connectivity index (χ1) is 35.7. The van der Waals surface area contributed by atoms with Crippen molar-refractivity contribution < 1.29 is 50.4 Å². The summed E-state index contributed by atoms with van der Waals surface area (Å²) in [7, 11) is -18.4. The van der Waals surface area contributed by atoms with Gasteiger partial charge in [-0.1, -0.05) is 130 Å². The minimum absolute atomic E-state index is 0.114. The lowest BCUT2D eigenvalue weighted by Gasteiger charge is -2.23. The van der Waals surface area contributed by atoms with Crippen LogP contribution >= 0.6 is 63.7 Å². The van der Waals surface area contributed by atoms with Gasteiger partial charge in [-0.3, -0.25) is 0 Å². The molecule has 75 heavy (non-hydrogen) atoms. The summed E-state index contributed by atoms with van der Waals surface area (Å²) in [6.45, 7) is 0.181. The smallest absolute Gasteiger partial charge is 0.339 e. The summed E-state index contributed by atoms with van der Waals surface area (Å²) in [5.41, 5.74) is 9.03. The molecule has 0 heterocycles. The Hall–Kier alpha value is -5.36. The van der Waals surface area contributed by atoms with E-state index in [2.05, 4.69) is 63.7 Å². The van der Waals surface area contributed by atoms with Crippen molar-refractivity contribution in [2.45, 2.75) is 51.7 Å². The normalized spacial score (nSPS) is 12.9. The zero-order valence-corrected chi connectivity index (χ0v) is 48.6. The summed E-state index contributed by atoms with van der Waals surface area (Å²) in [5, 5.41) is 0. The maximum atomic E-state index is 14.5. The summed E-state index contributed by atoms with van der Waals surface area (Å²) in [6, 6.07) is 41.7. The Bertz CT molecular complexity index is 3770. The van der Waals surface area contributed by atoms with Gasteiger partial charge in [-0.2, -0.15) is 33.7 Å². The van der Waals surface area contributed by atoms with Gasteiger partial charge >= 0.3 is 40.5 Å². The molecule has 0 fully saturated rings. The van der Waals surface area contributed by atoms with E-state index >= 15 is 0 Å². The van der Waals surface area contributed by atoms with Gasteiger partial charge in [0.25, 0.3) is 0 Å². The largest absolute Gasteiger partial charge is 0.378 e. The first-order valence-corrected chi connectivity index (χ1v) is 31.5. The second kappa shape index (κ2) is 22.3. The van der Waals surface area contributed by atoms with Crippen molar-refractivity contribution in [2.75, 3.05) is 6.54 Å². The number of rotatable bonds is 14. The Morgan fingerprint density at radius 2 is 0.547 bits per heavy atom. The van der Waals surface area contributed by atoms with Crippen molar-refractivity contribution in [1.29, 1.82) is 0 Å². The lowest BCUT2D eigenvalue weighted by molar-refractivity contribution is 0.478. The minimum atomic E-state index is -4.61. The van der Waals surface area contributed by atoms with Gasteiger partial charge in [-0.15, -0.1) is 0 Å². The van der Waals surface area contributed by atoms with Crippen LogP contribution in [0, 0.1) is 0 Å². The van der Waals surface area contributed by atoms with E-state index in [4.69, 9.17) is 22.5 Å². The highest BCUT2D eigenvalue weighted by atomic mass is 79.9. The van der Waals surface area contributed by atoms with Crippen LogP contribution in [-0.4, -0.2) is 40.2 Å². The van der Waals surface area contributed by atoms with Crippen LogP contribution < -0.4 is 22.5 Å². The van der Waals surface area contributed by atoms with Crippen LogP contribution in [0.25, 0.3) is 0 Å². The Morgan fingerprint density at radius 1 is 0.333 bits per heavy atom. The molecule has 1 aliphatic rings. The summed E-state index contributed by atoms with van der Waals surface area (Å²) in [4.78, 5) is -0.672. The van der Waals surface area contributed by atoms with Crippen LogP contribution in [0.1, 0.15) is 50.1 Å². The van der Waals surface area contributed by atoms with Crippen LogP contribution in [0.15, 0.2) is 201 Å². The standard InChI is InChI=1S/C54H41Br4NO12S4/c55-43-10-18-47(19-11-43)72(60,61)68-51-35-4-1-5-36(51)31-38-7-3-9-40(53(38)70-74(64,65)49-22-14-45(57)15-23-49)33-42-29-34(26-27-59)28-41(54(42)71-75(66,67)50-24-16-46(58)17-25-50)32-39-8-2-6-37(30-35)52(39)69-73(62,63)48-20-12-44(56)13-21-48/h1-25,28-29H,26-27,30-33,59H2. The molecule has 13 nitrogen and oxygen atoms in total. The van der Waals surface area contributed by atoms with Crippen LogP contribution in [-0.2, 0) is 72.6 Å². The SMILES string of the molecule is NCCc1cc2c(OS(=O)(=O)c3ccc(Br)cc3)c(c1)Cc1cccc(c1OS(=O)(=O)c1ccc(Br)cc1)Cc1cccc(c1OS(=O)(=O)c1ccc(Br)cc1)Cc1cccc(c1OS(=O)(=O)c1ccc(Br)cc1)C2. The van der Waals surface area contributed by atoms with Crippen LogP contribution in [0.3, 0.4) is 0 Å². The summed E-state index contributed by atoms with van der Waals surface area (Å²) >= 11 is 13.4. The molecular weight excluding hydrogens is 1300 g/mol. The summed E-state index contributed by atoms with van der Waals surface area (Å²) < 4.78 is 142. The van der Waals surface area contributed by atoms with Gasteiger partial charge in [-0.25, -0.2) is 0 Å². The molecule has 0 aromatic heterocycles. The third kappa shape index (κ3) is 12.6. The lowest BCUT2D eigenvalue weighted by atomic mass is 9.90. The molecule has 0 radical (unpaired) electrons. The van der Waals surface area contributed by atoms with Crippen molar-refractivity contribution in [3.05, 3.63) is 232 Å². The van der Waals surface area contributed by atoms with Crippen molar-refractivity contribution >= 4 is 104 Å². The van der Waals surface area contributed by atoms with E-state index in [9.17, 15) is 33.7 Å². The quantitative estimate of drug-likeness (QED) is 0.101. The molecule has 386 valence electrons. The summed E-state index contributed by atoms with van der Waals surface area (Å²) in [5.74, 6) is -0.473. The van der Waals surface area contributed by atoms with Crippen LogP contribution in [0.5, 0.6) is 23.0 Å². The Balaban J connectivity index is 1.32. The number of fused-ring (bicyclic) bond motifs is 8. The Labute approximate surface area is 469 Å². The predicted molar refractivity (Wildman–Crippen MR) is 298 cm³/mol. The molecule has 1 aliphatic carbocycles. The van der Waals surface area contributed by atoms with Crippen molar-refractivity contribution in [3.63, 3.8) is 0 Å². The number of halogens is 4. The van der Waals surface area contributed by atoms with Gasteiger partial charge in [0.15, 0.2) is 0 Å². The average molecular weight is 1340 g/mol. The van der Waals surface area contributed by atoms with E-state index in [1.807, 2.05) is 0 Å². The molecule has 0 spiro atoms. The van der Waals surface area contributed by atoms with Gasteiger partial charge < -0.3 is 22.5 Å². The first kappa shape index (κ1) is 54.4. The van der Waals surface area contributed by atoms with Crippen molar-refractivity contribution in [1.82, 2.24) is 0 Å². The molecule has 8 bridgehead atoms. The van der Waals surface area contributed by atoms with Crippen LogP contribution in [0.4, 0.5) is 0 Å². The predicted octanol–water partition coefficient (Wildman–Crippen LogP) is 12.0. The maximum absolute atomic E-state index is 14.5. The first-order valence-electron chi connectivity index (χ1n) is 22.7. The second-order valence-corrected chi connectivity index (χ2v) is 27.0. The number of hydrogen-bond donors (Lipinski definition) is 1. The fourth-order valence-corrected chi connectivity index (χ4v) is 13.5. The van der Waals surface area contributed by atoms with E-state index in [-0.39, 0.29) is 119 Å². The zero-order chi connectivity index (χ0) is 53.3. The fourth-order valence-electron chi connectivity index (χ4n) is 8.43. The van der Waals surface area contributed by atoms with Gasteiger partial charge in [0.2, 0.25) is 0 Å². The molecule has 0 amide bonds. The zero-order valence-electron chi connectivity index (χ0n) is 39.0. The molecule has 0 saturated carbocycles. The molecule has 8 aromatic rings. The van der Waals surface area contributed by atoms with Crippen molar-refractivity contribution in [2.24, 2.45) is 5.73 Å². The van der Waals surface area contributed by atoms with E-state index in [1.54, 1.807) is 115 Å². The molecule has 2 N–H and O–H groups in total. The van der Waals surface area contributed by atoms with Gasteiger partial charge in [0, 0.05) is 88.1 Å². The maximum Gasteiger partial charge on any atom is 0.339 e. The third-order valence-corrected chi connectivity index (χ3v) is 19.0. The Kier molecular flexibility index (Phi) is 16.2. The van der Waals surface area contributed by atoms with E-state index < -0.39 is 40.5 Å². The van der Waals surface area contributed by atoms with Gasteiger partial charge in [0.1, 0.15) is 42.6 Å². The highest BCUT2D eigenvalue weighted by molar-refractivity contribution is 9.11. The highest BCUT2D eigenvalue weighted by Gasteiger charge is 2.30. The minimum Gasteiger partial charge on any atom is -0.378 e. The van der Waals surface area contributed by atoms with Gasteiger partial charge in [0.05, 0.1) is 0 Å². The van der Waals surface area contributed by atoms with Crippen LogP contribution in [0.2, 0.25) is 0 Å². The van der Waals surface area contributed by atoms with E-state index in [1.165, 1.54) is 48.5 Å². The number of nitrogens with two attached hydrogens (primary N) is 1. The van der Waals surface area contributed by atoms with Crippen molar-refractivity contribution in [3.8, 4) is 23.0 Å². The second-order valence-electron chi connectivity index (χ2n) is 17.2. The summed E-state index contributed by atoms with van der Waals surface area (Å²) in [6.07, 6.45) is -0.446. The van der Waals surface area contributed by atoms with Gasteiger partial charge in [-0.05, 0) is 116 Å². The molecule has 0 aliphatic heterocycles. The molecule has 0 saturated heterocycles. The molecule has 0 unspecified atom stereocenters. The number of benzene rings is 8. The topological polar surface area (TPSA) is 199 Å². The average Bonchev–Trinajstić information content (AvgIpc) is 3.36.